The summed E-state index contributed by atoms with van der Waals surface area (Å²) in [5, 5.41) is 0. The molecule has 0 aliphatic heterocycles. The van der Waals surface area contributed by atoms with Crippen molar-refractivity contribution in [1.29, 1.82) is 0 Å². The van der Waals surface area contributed by atoms with E-state index in [1.165, 1.54) is 32.1 Å². The molecule has 1 aliphatic carbocycles. The third-order valence-corrected chi connectivity index (χ3v) is 2.31. The van der Waals surface area contributed by atoms with Crippen molar-refractivity contribution in [2.45, 2.75) is 32.1 Å². The quantitative estimate of drug-likeness (QED) is 0.622. The molecule has 1 heteroatoms. The Morgan fingerprint density at radius 3 is 2.40 bits per heavy atom. The standard InChI is InChI=1S/C9H16N/c1-2-9(10)8-6-4-3-5-7-8/h2,8H,1,3-7,10H2. The molecule has 0 aromatic carbocycles. The Morgan fingerprint density at radius 2 is 1.90 bits per heavy atom. The summed E-state index contributed by atoms with van der Waals surface area (Å²) in [4.78, 5) is 0. The van der Waals surface area contributed by atoms with Crippen LogP contribution in [0.2, 0.25) is 0 Å². The van der Waals surface area contributed by atoms with Gasteiger partial charge in [-0.3, -0.25) is 0 Å². The minimum absolute atomic E-state index is 0.645. The summed E-state index contributed by atoms with van der Waals surface area (Å²) in [6, 6.07) is 1.000. The molecule has 1 fully saturated rings. The Kier molecular flexibility index (Phi) is 2.94. The molecule has 1 saturated carbocycles. The first-order chi connectivity index (χ1) is 4.84. The van der Waals surface area contributed by atoms with Crippen molar-refractivity contribution in [3.8, 4) is 0 Å². The summed E-state index contributed by atoms with van der Waals surface area (Å²) in [7, 11) is 0. The molecular weight excluding hydrogens is 122 g/mol. The molecule has 1 rings (SSSR count). The fourth-order valence-corrected chi connectivity index (χ4v) is 1.60. The zero-order chi connectivity index (χ0) is 7.40. The fraction of sp³-hybridized carbons (Fsp3) is 0.667. The van der Waals surface area contributed by atoms with Crippen LogP contribution in [0.1, 0.15) is 32.1 Å². The highest BCUT2D eigenvalue weighted by molar-refractivity contribution is 5.05. The lowest BCUT2D eigenvalue weighted by molar-refractivity contribution is 0.377. The molecule has 1 nitrogen and oxygen atoms in total. The molecular formula is C9H16N. The summed E-state index contributed by atoms with van der Waals surface area (Å²) >= 11 is 0. The summed E-state index contributed by atoms with van der Waals surface area (Å²) < 4.78 is 0. The number of nitrogens with two attached hydrogens (primary N) is 1. The maximum Gasteiger partial charge on any atom is 0.0586 e. The lowest BCUT2D eigenvalue weighted by Gasteiger charge is -2.24. The van der Waals surface area contributed by atoms with Crippen LogP contribution in [0.15, 0.2) is 12.7 Å². The van der Waals surface area contributed by atoms with Gasteiger partial charge in [0.1, 0.15) is 0 Å². The first-order valence-electron chi connectivity index (χ1n) is 4.09. The smallest absolute Gasteiger partial charge is 0.0586 e. The summed E-state index contributed by atoms with van der Waals surface area (Å²) in [6.07, 6.45) is 8.44. The Labute approximate surface area is 63.3 Å². The van der Waals surface area contributed by atoms with Crippen LogP contribution in [-0.4, -0.2) is 0 Å². The highest BCUT2D eigenvalue weighted by Gasteiger charge is 2.18. The lowest BCUT2D eigenvalue weighted by Crippen LogP contribution is -2.21. The van der Waals surface area contributed by atoms with Gasteiger partial charge in [0.2, 0.25) is 0 Å². The van der Waals surface area contributed by atoms with Gasteiger partial charge in [0.05, 0.1) is 6.04 Å². The minimum Gasteiger partial charge on any atom is -0.320 e. The second-order valence-electron chi connectivity index (χ2n) is 3.04. The van der Waals surface area contributed by atoms with Gasteiger partial charge >= 0.3 is 0 Å². The van der Waals surface area contributed by atoms with E-state index in [0.717, 1.165) is 6.04 Å². The highest BCUT2D eigenvalue weighted by atomic mass is 14.6. The monoisotopic (exact) mass is 138 g/mol. The molecule has 10 heavy (non-hydrogen) atoms. The first-order valence-corrected chi connectivity index (χ1v) is 4.09. The van der Waals surface area contributed by atoms with Crippen molar-refractivity contribution in [3.63, 3.8) is 0 Å². The van der Waals surface area contributed by atoms with E-state index in [0.29, 0.717) is 5.92 Å². The SMILES string of the molecule is C=C[C](N)C1CCCCC1. The van der Waals surface area contributed by atoms with Gasteiger partial charge in [-0.1, -0.05) is 25.3 Å². The molecule has 0 aromatic heterocycles. The minimum atomic E-state index is 0.645. The normalized spacial score (nSPS) is 21.4. The van der Waals surface area contributed by atoms with Crippen LogP contribution >= 0.6 is 0 Å². The zero-order valence-corrected chi connectivity index (χ0v) is 6.47. The lowest BCUT2D eigenvalue weighted by atomic mass is 9.84. The molecule has 2 N–H and O–H groups in total. The molecule has 1 radical (unpaired) electrons. The van der Waals surface area contributed by atoms with Crippen molar-refractivity contribution >= 4 is 0 Å². The van der Waals surface area contributed by atoms with Crippen LogP contribution in [0, 0.1) is 12.0 Å². The molecule has 0 aromatic rings. The molecule has 0 bridgehead atoms. The zero-order valence-electron chi connectivity index (χ0n) is 6.47. The second-order valence-corrected chi connectivity index (χ2v) is 3.04. The van der Waals surface area contributed by atoms with Crippen LogP contribution in [-0.2, 0) is 0 Å². The molecule has 0 heterocycles. The third kappa shape index (κ3) is 1.84. The molecule has 0 amide bonds. The predicted molar refractivity (Wildman–Crippen MR) is 44.2 cm³/mol. The van der Waals surface area contributed by atoms with Gasteiger partial charge in [-0.25, -0.2) is 0 Å². The van der Waals surface area contributed by atoms with E-state index in [1.807, 2.05) is 0 Å². The molecule has 0 spiro atoms. The van der Waals surface area contributed by atoms with Crippen LogP contribution in [0.3, 0.4) is 0 Å². The van der Waals surface area contributed by atoms with Gasteiger partial charge < -0.3 is 5.73 Å². The van der Waals surface area contributed by atoms with E-state index in [4.69, 9.17) is 5.73 Å². The Balaban J connectivity index is 2.30. The van der Waals surface area contributed by atoms with Gasteiger partial charge in [-0.15, -0.1) is 6.58 Å². The van der Waals surface area contributed by atoms with Crippen molar-refractivity contribution < 1.29 is 0 Å². The number of hydrogen-bond donors (Lipinski definition) is 1. The fourth-order valence-electron chi connectivity index (χ4n) is 1.60. The van der Waals surface area contributed by atoms with Gasteiger partial charge in [0.25, 0.3) is 0 Å². The van der Waals surface area contributed by atoms with E-state index in [-0.39, 0.29) is 0 Å². The average molecular weight is 138 g/mol. The molecule has 0 atom stereocenters. The summed E-state index contributed by atoms with van der Waals surface area (Å²) in [5.74, 6) is 0.645. The summed E-state index contributed by atoms with van der Waals surface area (Å²) in [6.45, 7) is 3.67. The van der Waals surface area contributed by atoms with Crippen LogP contribution < -0.4 is 5.73 Å². The Morgan fingerprint density at radius 1 is 1.30 bits per heavy atom. The molecule has 1 aliphatic rings. The van der Waals surface area contributed by atoms with Crippen molar-refractivity contribution in [2.75, 3.05) is 0 Å². The highest BCUT2D eigenvalue weighted by Crippen LogP contribution is 2.28. The summed E-state index contributed by atoms with van der Waals surface area (Å²) in [5.41, 5.74) is 5.75. The maximum atomic E-state index is 5.75. The van der Waals surface area contributed by atoms with E-state index in [2.05, 4.69) is 6.58 Å². The largest absolute Gasteiger partial charge is 0.320 e. The first kappa shape index (κ1) is 7.80. The van der Waals surface area contributed by atoms with Gasteiger partial charge in [0.15, 0.2) is 0 Å². The van der Waals surface area contributed by atoms with Gasteiger partial charge in [-0.05, 0) is 18.8 Å². The Hall–Kier alpha value is -0.300. The molecule has 57 valence electrons. The third-order valence-electron chi connectivity index (χ3n) is 2.31. The van der Waals surface area contributed by atoms with E-state index < -0.39 is 0 Å². The van der Waals surface area contributed by atoms with Crippen LogP contribution in [0.5, 0.6) is 0 Å². The average Bonchev–Trinajstić information content (AvgIpc) is 2.05. The van der Waals surface area contributed by atoms with E-state index in [1.54, 1.807) is 6.08 Å². The predicted octanol–water partition coefficient (Wildman–Crippen LogP) is 2.24. The van der Waals surface area contributed by atoms with Gasteiger partial charge in [0, 0.05) is 0 Å². The van der Waals surface area contributed by atoms with Crippen molar-refractivity contribution in [1.82, 2.24) is 0 Å². The van der Waals surface area contributed by atoms with Crippen LogP contribution in [0.25, 0.3) is 0 Å². The van der Waals surface area contributed by atoms with Crippen LogP contribution in [0.4, 0.5) is 0 Å². The topological polar surface area (TPSA) is 26.0 Å². The van der Waals surface area contributed by atoms with Crippen molar-refractivity contribution in [3.05, 3.63) is 18.7 Å². The maximum absolute atomic E-state index is 5.75. The van der Waals surface area contributed by atoms with Crippen molar-refractivity contribution in [2.24, 2.45) is 11.7 Å². The number of hydrogen-bond acceptors (Lipinski definition) is 1. The Bertz CT molecular complexity index is 103. The van der Waals surface area contributed by atoms with E-state index >= 15 is 0 Å². The second kappa shape index (κ2) is 3.77. The molecule has 0 saturated heterocycles. The van der Waals surface area contributed by atoms with E-state index in [9.17, 15) is 0 Å². The van der Waals surface area contributed by atoms with Gasteiger partial charge in [-0.2, -0.15) is 0 Å². The molecule has 0 unspecified atom stereocenters. The number of rotatable bonds is 2.